The van der Waals surface area contributed by atoms with Gasteiger partial charge in [-0.25, -0.2) is 4.99 Å². The summed E-state index contributed by atoms with van der Waals surface area (Å²) in [5.41, 5.74) is 1.59. The first kappa shape index (κ1) is 20.5. The fourth-order valence-corrected chi connectivity index (χ4v) is 4.08. The molecule has 1 aliphatic heterocycles. The number of thioether (sulfide) groups is 1. The first-order chi connectivity index (χ1) is 14.1. The van der Waals surface area contributed by atoms with Crippen LogP contribution in [0.4, 0.5) is 5.69 Å². The Balaban J connectivity index is 2.01. The van der Waals surface area contributed by atoms with Gasteiger partial charge in [0.15, 0.2) is 0 Å². The molecule has 2 heterocycles. The molecule has 1 aliphatic rings. The van der Waals surface area contributed by atoms with Crippen LogP contribution in [0.5, 0.6) is 5.75 Å². The summed E-state index contributed by atoms with van der Waals surface area (Å²) >= 11 is 1.42. The number of rotatable bonds is 7. The van der Waals surface area contributed by atoms with E-state index in [1.165, 1.54) is 18.0 Å². The summed E-state index contributed by atoms with van der Waals surface area (Å²) < 4.78 is 10.9. The summed E-state index contributed by atoms with van der Waals surface area (Å²) in [6, 6.07) is 12.9. The maximum absolute atomic E-state index is 13.3. The van der Waals surface area contributed by atoms with E-state index in [1.54, 1.807) is 44.4 Å². The number of carbonyl (C=O) groups is 1. The number of para-hydroxylation sites is 2. The number of nitriles is 1. The van der Waals surface area contributed by atoms with Gasteiger partial charge in [-0.15, -0.1) is 18.3 Å². The predicted molar refractivity (Wildman–Crippen MR) is 115 cm³/mol. The Hall–Kier alpha value is -3.24. The maximum Gasteiger partial charge on any atom is 0.234 e. The summed E-state index contributed by atoms with van der Waals surface area (Å²) in [5, 5.41) is 13.4. The molecule has 3 rings (SSSR count). The van der Waals surface area contributed by atoms with E-state index in [0.29, 0.717) is 39.3 Å². The fraction of sp³-hybridized carbons (Fsp3) is 0.227. The third kappa shape index (κ3) is 4.28. The molecule has 1 aromatic carbocycles. The lowest BCUT2D eigenvalue weighted by molar-refractivity contribution is -0.118. The smallest absolute Gasteiger partial charge is 0.234 e. The van der Waals surface area contributed by atoms with Gasteiger partial charge in [-0.05, 0) is 31.2 Å². The summed E-state index contributed by atoms with van der Waals surface area (Å²) in [7, 11) is 1.55. The normalized spacial score (nSPS) is 18.6. The SMILES string of the molecule is C=CCSC1=C(C#N)[C@@H](c2ccco2)C(C(=O)Nc2ccccc2OC)C(C)=N1. The second-order valence-corrected chi connectivity index (χ2v) is 7.35. The number of allylic oxidation sites excluding steroid dienone is 1. The molecule has 1 amide bonds. The summed E-state index contributed by atoms with van der Waals surface area (Å²) in [6.07, 6.45) is 3.29. The van der Waals surface area contributed by atoms with E-state index in [0.717, 1.165) is 0 Å². The highest BCUT2D eigenvalue weighted by molar-refractivity contribution is 8.03. The third-order valence-corrected chi connectivity index (χ3v) is 5.55. The average Bonchev–Trinajstić information content (AvgIpc) is 3.26. The van der Waals surface area contributed by atoms with Crippen molar-refractivity contribution in [3.8, 4) is 11.8 Å². The Labute approximate surface area is 174 Å². The number of hydrogen-bond acceptors (Lipinski definition) is 6. The molecule has 0 radical (unpaired) electrons. The summed E-state index contributed by atoms with van der Waals surface area (Å²) in [5.74, 6) is 0.188. The molecule has 2 aromatic rings. The number of ether oxygens (including phenoxy) is 1. The Morgan fingerprint density at radius 2 is 2.21 bits per heavy atom. The van der Waals surface area contributed by atoms with Gasteiger partial charge >= 0.3 is 0 Å². The zero-order valence-corrected chi connectivity index (χ0v) is 17.0. The van der Waals surface area contributed by atoms with Crippen LogP contribution in [0.15, 0.2) is 75.3 Å². The van der Waals surface area contributed by atoms with Crippen molar-refractivity contribution in [2.24, 2.45) is 10.9 Å². The topological polar surface area (TPSA) is 87.6 Å². The largest absolute Gasteiger partial charge is 0.495 e. The van der Waals surface area contributed by atoms with Crippen LogP contribution in [-0.4, -0.2) is 24.5 Å². The van der Waals surface area contributed by atoms with Crippen LogP contribution in [0, 0.1) is 17.2 Å². The van der Waals surface area contributed by atoms with Crippen LogP contribution in [0.2, 0.25) is 0 Å². The van der Waals surface area contributed by atoms with Crippen molar-refractivity contribution >= 4 is 29.1 Å². The van der Waals surface area contributed by atoms with Crippen molar-refractivity contribution in [1.29, 1.82) is 5.26 Å². The van der Waals surface area contributed by atoms with Gasteiger partial charge in [0.1, 0.15) is 16.5 Å². The van der Waals surface area contributed by atoms with Crippen LogP contribution >= 0.6 is 11.8 Å². The number of nitrogens with one attached hydrogen (secondary N) is 1. The van der Waals surface area contributed by atoms with Crippen LogP contribution in [0.3, 0.4) is 0 Å². The van der Waals surface area contributed by atoms with Gasteiger partial charge in [0.05, 0.1) is 42.5 Å². The second kappa shape index (κ2) is 9.30. The molecule has 0 spiro atoms. The van der Waals surface area contributed by atoms with Gasteiger partial charge in [0.2, 0.25) is 5.91 Å². The van der Waals surface area contributed by atoms with Gasteiger partial charge in [0, 0.05) is 11.5 Å². The van der Waals surface area contributed by atoms with Crippen LogP contribution < -0.4 is 10.1 Å². The number of benzene rings is 1. The molecule has 0 fully saturated rings. The zero-order chi connectivity index (χ0) is 20.8. The number of amides is 1. The van der Waals surface area contributed by atoms with Crippen molar-refractivity contribution in [2.75, 3.05) is 18.2 Å². The Morgan fingerprint density at radius 1 is 1.41 bits per heavy atom. The highest BCUT2D eigenvalue weighted by Gasteiger charge is 2.41. The number of methoxy groups -OCH3 is 1. The first-order valence-corrected chi connectivity index (χ1v) is 9.99. The van der Waals surface area contributed by atoms with E-state index in [9.17, 15) is 10.1 Å². The molecule has 29 heavy (non-hydrogen) atoms. The van der Waals surface area contributed by atoms with Crippen LogP contribution in [-0.2, 0) is 4.79 Å². The summed E-state index contributed by atoms with van der Waals surface area (Å²) in [4.78, 5) is 17.9. The van der Waals surface area contributed by atoms with Crippen molar-refractivity contribution in [3.63, 3.8) is 0 Å². The molecular weight excluding hydrogens is 386 g/mol. The standard InChI is InChI=1S/C22H21N3O3S/c1-4-12-29-22-15(13-23)20(18-10-7-11-28-18)19(14(2)24-22)21(26)25-16-8-5-6-9-17(16)27-3/h4-11,19-20H,1,12H2,2-3H3,(H,25,26)/t19?,20-/m0/s1. The van der Waals surface area contributed by atoms with Crippen LogP contribution in [0.1, 0.15) is 18.6 Å². The highest BCUT2D eigenvalue weighted by atomic mass is 32.2. The van der Waals surface area contributed by atoms with E-state index >= 15 is 0 Å². The number of hydrogen-bond donors (Lipinski definition) is 1. The number of aliphatic imine (C=N–C) groups is 1. The zero-order valence-electron chi connectivity index (χ0n) is 16.2. The van der Waals surface area contributed by atoms with Crippen molar-refractivity contribution in [3.05, 3.63) is 71.7 Å². The van der Waals surface area contributed by atoms with E-state index in [4.69, 9.17) is 9.15 Å². The molecule has 148 valence electrons. The lowest BCUT2D eigenvalue weighted by Gasteiger charge is -2.29. The average molecular weight is 407 g/mol. The molecule has 0 aliphatic carbocycles. The maximum atomic E-state index is 13.3. The molecule has 2 atom stereocenters. The molecule has 6 nitrogen and oxygen atoms in total. The summed E-state index contributed by atoms with van der Waals surface area (Å²) in [6.45, 7) is 5.52. The molecule has 1 aromatic heterocycles. The van der Waals surface area contributed by atoms with Gasteiger partial charge in [-0.2, -0.15) is 5.26 Å². The Bertz CT molecular complexity index is 1000. The molecule has 0 bridgehead atoms. The minimum absolute atomic E-state index is 0.280. The molecule has 7 heteroatoms. The minimum atomic E-state index is -0.686. The second-order valence-electron chi connectivity index (χ2n) is 6.34. The molecule has 1 N–H and O–H groups in total. The monoisotopic (exact) mass is 407 g/mol. The molecule has 0 saturated heterocycles. The van der Waals surface area contributed by atoms with Gasteiger partial charge in [0.25, 0.3) is 0 Å². The van der Waals surface area contributed by atoms with Gasteiger partial charge in [-0.1, -0.05) is 18.2 Å². The van der Waals surface area contributed by atoms with E-state index in [-0.39, 0.29) is 5.91 Å². The van der Waals surface area contributed by atoms with E-state index < -0.39 is 11.8 Å². The molecule has 0 saturated carbocycles. The molecular formula is C22H21N3O3S. The lowest BCUT2D eigenvalue weighted by Crippen LogP contribution is -2.36. The van der Waals surface area contributed by atoms with Crippen molar-refractivity contribution in [2.45, 2.75) is 12.8 Å². The molecule has 1 unspecified atom stereocenters. The highest BCUT2D eigenvalue weighted by Crippen LogP contribution is 2.42. The lowest BCUT2D eigenvalue weighted by atomic mass is 9.79. The van der Waals surface area contributed by atoms with Gasteiger partial charge in [-0.3, -0.25) is 4.79 Å². The van der Waals surface area contributed by atoms with Crippen LogP contribution in [0.25, 0.3) is 0 Å². The van der Waals surface area contributed by atoms with Crippen molar-refractivity contribution in [1.82, 2.24) is 0 Å². The fourth-order valence-electron chi connectivity index (χ4n) is 3.27. The van der Waals surface area contributed by atoms with E-state index in [1.807, 2.05) is 12.1 Å². The third-order valence-electron chi connectivity index (χ3n) is 4.56. The quantitative estimate of drug-likeness (QED) is 0.669. The Kier molecular flexibility index (Phi) is 6.57. The first-order valence-electron chi connectivity index (χ1n) is 9.01. The minimum Gasteiger partial charge on any atom is -0.495 e. The van der Waals surface area contributed by atoms with E-state index in [2.05, 4.69) is 23.0 Å². The Morgan fingerprint density at radius 3 is 2.86 bits per heavy atom. The number of furan rings is 1. The number of carbonyl (C=O) groups excluding carboxylic acids is 1. The van der Waals surface area contributed by atoms with Gasteiger partial charge < -0.3 is 14.5 Å². The number of anilines is 1. The van der Waals surface area contributed by atoms with Crippen molar-refractivity contribution < 1.29 is 13.9 Å². The number of nitrogens with zero attached hydrogens (tertiary/aromatic N) is 2. The predicted octanol–water partition coefficient (Wildman–Crippen LogP) is 4.76.